The predicted octanol–water partition coefficient (Wildman–Crippen LogP) is 4.05. The summed E-state index contributed by atoms with van der Waals surface area (Å²) < 4.78 is 1.26. The highest BCUT2D eigenvalue weighted by molar-refractivity contribution is 9.11. The lowest BCUT2D eigenvalue weighted by Gasteiger charge is -2.23. The molecule has 1 N–H and O–H groups in total. The molecule has 1 aliphatic carbocycles. The Balaban J connectivity index is 2.11. The minimum atomic E-state index is 0.535. The van der Waals surface area contributed by atoms with Crippen LogP contribution in [0, 0.1) is 0 Å². The number of halogens is 1. The van der Waals surface area contributed by atoms with Crippen molar-refractivity contribution >= 4 is 27.3 Å². The Morgan fingerprint density at radius 2 is 2.53 bits per heavy atom. The molecular weight excluding hydrogens is 270 g/mol. The van der Waals surface area contributed by atoms with Gasteiger partial charge in [-0.1, -0.05) is 12.2 Å². The number of aryl methyl sites for hydroxylation is 1. The van der Waals surface area contributed by atoms with Gasteiger partial charge in [-0.25, -0.2) is 0 Å². The Morgan fingerprint density at radius 3 is 3.27 bits per heavy atom. The summed E-state index contributed by atoms with van der Waals surface area (Å²) in [7, 11) is 0. The topological polar surface area (TPSA) is 12.0 Å². The first-order valence-corrected chi connectivity index (χ1v) is 6.93. The lowest BCUT2D eigenvalue weighted by Crippen LogP contribution is -2.25. The van der Waals surface area contributed by atoms with E-state index in [-0.39, 0.29) is 0 Å². The largest absolute Gasteiger partial charge is 0.306 e. The molecule has 15 heavy (non-hydrogen) atoms. The lowest BCUT2D eigenvalue weighted by atomic mass is 9.94. The Labute approximate surface area is 104 Å². The molecule has 0 saturated carbocycles. The molecular formula is C12H16BrNS. The SMILES string of the molecule is C=C(C)CNC1CCCc2sc(Br)cc21. The Bertz CT molecular complexity index is 370. The summed E-state index contributed by atoms with van der Waals surface area (Å²) in [5.41, 5.74) is 2.70. The first kappa shape index (κ1) is 11.4. The standard InChI is InChI=1S/C12H16BrNS/c1-8(2)7-14-10-4-3-5-11-9(10)6-12(13)15-11/h6,10,14H,1,3-5,7H2,2H3. The Hall–Kier alpha value is -0.120. The quantitative estimate of drug-likeness (QED) is 0.826. The Morgan fingerprint density at radius 1 is 1.73 bits per heavy atom. The number of fused-ring (bicyclic) bond motifs is 1. The molecule has 1 aromatic rings. The summed E-state index contributed by atoms with van der Waals surface area (Å²) in [6.45, 7) is 6.93. The van der Waals surface area contributed by atoms with Gasteiger partial charge in [-0.15, -0.1) is 11.3 Å². The van der Waals surface area contributed by atoms with Crippen molar-refractivity contribution in [1.29, 1.82) is 0 Å². The summed E-state index contributed by atoms with van der Waals surface area (Å²) in [4.78, 5) is 1.55. The van der Waals surface area contributed by atoms with Gasteiger partial charge in [0.15, 0.2) is 0 Å². The van der Waals surface area contributed by atoms with E-state index in [4.69, 9.17) is 0 Å². The van der Waals surface area contributed by atoms with Gasteiger partial charge in [-0.2, -0.15) is 0 Å². The van der Waals surface area contributed by atoms with Crippen LogP contribution in [0.4, 0.5) is 0 Å². The first-order chi connectivity index (χ1) is 7.16. The number of rotatable bonds is 3. The fraction of sp³-hybridized carbons (Fsp3) is 0.500. The van der Waals surface area contributed by atoms with Crippen LogP contribution in [0.3, 0.4) is 0 Å². The first-order valence-electron chi connectivity index (χ1n) is 5.32. The molecule has 2 rings (SSSR count). The van der Waals surface area contributed by atoms with Gasteiger partial charge in [0.2, 0.25) is 0 Å². The molecule has 0 saturated heterocycles. The van der Waals surface area contributed by atoms with Gasteiger partial charge in [0.1, 0.15) is 0 Å². The highest BCUT2D eigenvalue weighted by Gasteiger charge is 2.21. The molecule has 3 heteroatoms. The second-order valence-electron chi connectivity index (χ2n) is 4.21. The van der Waals surface area contributed by atoms with Gasteiger partial charge in [0.25, 0.3) is 0 Å². The van der Waals surface area contributed by atoms with Crippen molar-refractivity contribution in [2.75, 3.05) is 6.54 Å². The van der Waals surface area contributed by atoms with Gasteiger partial charge in [-0.3, -0.25) is 0 Å². The lowest BCUT2D eigenvalue weighted by molar-refractivity contribution is 0.481. The summed E-state index contributed by atoms with van der Waals surface area (Å²) in [6, 6.07) is 2.81. The van der Waals surface area contributed by atoms with E-state index in [0.717, 1.165) is 6.54 Å². The van der Waals surface area contributed by atoms with Gasteiger partial charge < -0.3 is 5.32 Å². The van der Waals surface area contributed by atoms with Crippen molar-refractivity contribution < 1.29 is 0 Å². The van der Waals surface area contributed by atoms with E-state index in [0.29, 0.717) is 6.04 Å². The fourth-order valence-electron chi connectivity index (χ4n) is 2.03. The summed E-state index contributed by atoms with van der Waals surface area (Å²) in [6.07, 6.45) is 3.80. The molecule has 1 heterocycles. The van der Waals surface area contributed by atoms with E-state index >= 15 is 0 Å². The highest BCUT2D eigenvalue weighted by Crippen LogP contribution is 2.37. The average Bonchev–Trinajstić information content (AvgIpc) is 2.55. The van der Waals surface area contributed by atoms with Crippen molar-refractivity contribution in [1.82, 2.24) is 5.32 Å². The fourth-order valence-corrected chi connectivity index (χ4v) is 3.85. The molecule has 0 aliphatic heterocycles. The number of hydrogen-bond donors (Lipinski definition) is 1. The van der Waals surface area contributed by atoms with Gasteiger partial charge >= 0.3 is 0 Å². The molecule has 1 unspecified atom stereocenters. The monoisotopic (exact) mass is 285 g/mol. The summed E-state index contributed by atoms with van der Waals surface area (Å²) in [5, 5.41) is 3.58. The van der Waals surface area contributed by atoms with Crippen LogP contribution < -0.4 is 5.32 Å². The smallest absolute Gasteiger partial charge is 0.0704 e. The van der Waals surface area contributed by atoms with Crippen LogP contribution in [-0.2, 0) is 6.42 Å². The zero-order chi connectivity index (χ0) is 10.8. The zero-order valence-corrected chi connectivity index (χ0v) is 11.4. The molecule has 0 aromatic carbocycles. The van der Waals surface area contributed by atoms with E-state index in [2.05, 4.69) is 40.8 Å². The van der Waals surface area contributed by atoms with E-state index in [1.165, 1.54) is 34.2 Å². The molecule has 82 valence electrons. The molecule has 0 bridgehead atoms. The second kappa shape index (κ2) is 4.81. The van der Waals surface area contributed by atoms with Crippen molar-refractivity contribution in [3.8, 4) is 0 Å². The van der Waals surface area contributed by atoms with Crippen LogP contribution in [-0.4, -0.2) is 6.54 Å². The summed E-state index contributed by atoms with van der Waals surface area (Å²) in [5.74, 6) is 0. The van der Waals surface area contributed by atoms with Crippen LogP contribution in [0.1, 0.15) is 36.2 Å². The zero-order valence-electron chi connectivity index (χ0n) is 8.98. The van der Waals surface area contributed by atoms with Crippen LogP contribution >= 0.6 is 27.3 Å². The maximum absolute atomic E-state index is 3.93. The average molecular weight is 286 g/mol. The maximum atomic E-state index is 3.93. The molecule has 0 amide bonds. The third-order valence-electron chi connectivity index (χ3n) is 2.73. The minimum Gasteiger partial charge on any atom is -0.306 e. The maximum Gasteiger partial charge on any atom is 0.0704 e. The van der Waals surface area contributed by atoms with Gasteiger partial charge in [0.05, 0.1) is 3.79 Å². The molecule has 0 spiro atoms. The van der Waals surface area contributed by atoms with E-state index < -0.39 is 0 Å². The van der Waals surface area contributed by atoms with Crippen molar-refractivity contribution in [2.45, 2.75) is 32.2 Å². The van der Waals surface area contributed by atoms with Crippen LogP contribution in [0.15, 0.2) is 22.0 Å². The Kier molecular flexibility index (Phi) is 3.65. The van der Waals surface area contributed by atoms with E-state index in [1.807, 2.05) is 11.3 Å². The van der Waals surface area contributed by atoms with Crippen LogP contribution in [0.25, 0.3) is 0 Å². The normalized spacial score (nSPS) is 20.0. The third kappa shape index (κ3) is 2.71. The number of thiophene rings is 1. The van der Waals surface area contributed by atoms with Crippen LogP contribution in [0.5, 0.6) is 0 Å². The molecule has 1 aromatic heterocycles. The molecule has 1 atom stereocenters. The molecule has 0 fully saturated rings. The molecule has 0 radical (unpaired) electrons. The van der Waals surface area contributed by atoms with Gasteiger partial charge in [0, 0.05) is 17.5 Å². The predicted molar refractivity (Wildman–Crippen MR) is 70.5 cm³/mol. The van der Waals surface area contributed by atoms with E-state index in [1.54, 1.807) is 4.88 Å². The molecule has 1 nitrogen and oxygen atoms in total. The van der Waals surface area contributed by atoms with E-state index in [9.17, 15) is 0 Å². The minimum absolute atomic E-state index is 0.535. The highest BCUT2D eigenvalue weighted by atomic mass is 79.9. The number of hydrogen-bond acceptors (Lipinski definition) is 2. The summed E-state index contributed by atoms with van der Waals surface area (Å²) >= 11 is 5.46. The number of nitrogens with one attached hydrogen (secondary N) is 1. The van der Waals surface area contributed by atoms with Crippen molar-refractivity contribution in [3.05, 3.63) is 32.4 Å². The van der Waals surface area contributed by atoms with Gasteiger partial charge in [-0.05, 0) is 53.7 Å². The molecule has 1 aliphatic rings. The van der Waals surface area contributed by atoms with Crippen molar-refractivity contribution in [3.63, 3.8) is 0 Å². The van der Waals surface area contributed by atoms with Crippen molar-refractivity contribution in [2.24, 2.45) is 0 Å². The second-order valence-corrected chi connectivity index (χ2v) is 6.73. The third-order valence-corrected chi connectivity index (χ3v) is 4.45. The van der Waals surface area contributed by atoms with Crippen LogP contribution in [0.2, 0.25) is 0 Å².